The number of ether oxygens (including phenoxy) is 2. The van der Waals surface area contributed by atoms with Crippen LogP contribution >= 0.6 is 0 Å². The predicted octanol–water partition coefficient (Wildman–Crippen LogP) is 1.07. The lowest BCUT2D eigenvalue weighted by Crippen LogP contribution is -2.38. The van der Waals surface area contributed by atoms with Crippen LogP contribution in [0.25, 0.3) is 0 Å². The lowest BCUT2D eigenvalue weighted by molar-refractivity contribution is -0.125. The molecule has 0 radical (unpaired) electrons. The minimum absolute atomic E-state index is 0.0939. The fourth-order valence-electron chi connectivity index (χ4n) is 2.98. The third kappa shape index (κ3) is 4.33. The molecule has 1 aromatic heterocycles. The second-order valence-electron chi connectivity index (χ2n) is 6.12. The van der Waals surface area contributed by atoms with Crippen molar-refractivity contribution in [3.8, 4) is 5.75 Å². The van der Waals surface area contributed by atoms with Gasteiger partial charge < -0.3 is 14.8 Å². The van der Waals surface area contributed by atoms with Crippen LogP contribution in [0.5, 0.6) is 5.75 Å². The molecule has 134 valence electrons. The molecule has 1 aromatic carbocycles. The molecule has 2 atom stereocenters. The molecule has 2 aromatic rings. The van der Waals surface area contributed by atoms with Gasteiger partial charge in [-0.25, -0.2) is 4.68 Å². The molecule has 8 heteroatoms. The Hall–Kier alpha value is -2.48. The maximum atomic E-state index is 12.8. The van der Waals surface area contributed by atoms with Gasteiger partial charge in [-0.2, -0.15) is 0 Å². The van der Waals surface area contributed by atoms with E-state index in [0.717, 1.165) is 30.8 Å². The summed E-state index contributed by atoms with van der Waals surface area (Å²) in [6.45, 7) is 3.06. The zero-order valence-electron chi connectivity index (χ0n) is 14.5. The number of aryl methyl sites for hydroxylation is 1. The number of amides is 1. The van der Waals surface area contributed by atoms with Gasteiger partial charge in [0.15, 0.2) is 0 Å². The highest BCUT2D eigenvalue weighted by Crippen LogP contribution is 2.19. The highest BCUT2D eigenvalue weighted by molar-refractivity contribution is 5.80. The summed E-state index contributed by atoms with van der Waals surface area (Å²) in [5, 5.41) is 14.5. The topological polar surface area (TPSA) is 91.2 Å². The summed E-state index contributed by atoms with van der Waals surface area (Å²) < 4.78 is 12.4. The number of methoxy groups -OCH3 is 1. The number of nitrogens with zero attached hydrogens (tertiary/aromatic N) is 4. The van der Waals surface area contributed by atoms with E-state index < -0.39 is 6.04 Å². The van der Waals surface area contributed by atoms with Crippen molar-refractivity contribution in [1.29, 1.82) is 0 Å². The van der Waals surface area contributed by atoms with Crippen molar-refractivity contribution in [2.45, 2.75) is 38.3 Å². The molecule has 1 aliphatic rings. The van der Waals surface area contributed by atoms with Gasteiger partial charge in [0.25, 0.3) is 0 Å². The Morgan fingerprint density at radius 1 is 1.52 bits per heavy atom. The van der Waals surface area contributed by atoms with Gasteiger partial charge in [-0.3, -0.25) is 4.79 Å². The van der Waals surface area contributed by atoms with Crippen molar-refractivity contribution in [2.24, 2.45) is 0 Å². The Balaban J connectivity index is 1.74. The molecule has 1 saturated heterocycles. The minimum Gasteiger partial charge on any atom is -0.497 e. The SMILES string of the molecule is COc1cccc(C[C@H](C(=O)NC[C@@H]2CCCO2)n2nnnc2C)c1. The van der Waals surface area contributed by atoms with E-state index in [4.69, 9.17) is 9.47 Å². The fourth-order valence-corrected chi connectivity index (χ4v) is 2.98. The fraction of sp³-hybridized carbons (Fsp3) is 0.529. The number of hydrogen-bond donors (Lipinski definition) is 1. The third-order valence-corrected chi connectivity index (χ3v) is 4.35. The number of benzene rings is 1. The van der Waals surface area contributed by atoms with E-state index in [0.29, 0.717) is 18.8 Å². The molecule has 0 spiro atoms. The van der Waals surface area contributed by atoms with Gasteiger partial charge in [0.2, 0.25) is 5.91 Å². The standard InChI is InChI=1S/C17H23N5O3/c1-12-19-20-21-22(12)16(10-13-5-3-6-14(9-13)24-2)17(23)18-11-15-7-4-8-25-15/h3,5-6,9,15-16H,4,7-8,10-11H2,1-2H3,(H,18,23)/t15-,16+/m0/s1. The normalized spacial score (nSPS) is 18.1. The molecular formula is C17H23N5O3. The van der Waals surface area contributed by atoms with Crippen molar-refractivity contribution >= 4 is 5.91 Å². The van der Waals surface area contributed by atoms with Gasteiger partial charge in [0.1, 0.15) is 17.6 Å². The second-order valence-corrected chi connectivity index (χ2v) is 6.12. The molecule has 0 saturated carbocycles. The van der Waals surface area contributed by atoms with Crippen LogP contribution in [-0.4, -0.2) is 52.5 Å². The van der Waals surface area contributed by atoms with Crippen LogP contribution in [0.1, 0.15) is 30.3 Å². The summed E-state index contributed by atoms with van der Waals surface area (Å²) >= 11 is 0. The molecule has 2 heterocycles. The molecule has 8 nitrogen and oxygen atoms in total. The first-order valence-electron chi connectivity index (χ1n) is 8.44. The third-order valence-electron chi connectivity index (χ3n) is 4.35. The number of carbonyl (C=O) groups excluding carboxylic acids is 1. The van der Waals surface area contributed by atoms with Gasteiger partial charge >= 0.3 is 0 Å². The molecule has 0 unspecified atom stereocenters. The summed E-state index contributed by atoms with van der Waals surface area (Å²) in [4.78, 5) is 12.8. The van der Waals surface area contributed by atoms with Crippen LogP contribution in [0.2, 0.25) is 0 Å². The zero-order valence-corrected chi connectivity index (χ0v) is 14.5. The number of nitrogens with one attached hydrogen (secondary N) is 1. The van der Waals surface area contributed by atoms with Crippen LogP contribution in [0.3, 0.4) is 0 Å². The van der Waals surface area contributed by atoms with Crippen molar-refractivity contribution in [3.05, 3.63) is 35.7 Å². The molecule has 25 heavy (non-hydrogen) atoms. The first-order chi connectivity index (χ1) is 12.2. The molecule has 3 rings (SSSR count). The maximum Gasteiger partial charge on any atom is 0.245 e. The lowest BCUT2D eigenvalue weighted by atomic mass is 10.0. The lowest BCUT2D eigenvalue weighted by Gasteiger charge is -2.19. The molecule has 1 aliphatic heterocycles. The molecule has 1 fully saturated rings. The smallest absolute Gasteiger partial charge is 0.245 e. The van der Waals surface area contributed by atoms with E-state index in [1.807, 2.05) is 24.3 Å². The van der Waals surface area contributed by atoms with Gasteiger partial charge in [-0.15, -0.1) is 5.10 Å². The summed E-state index contributed by atoms with van der Waals surface area (Å²) in [6, 6.07) is 7.13. The molecule has 1 amide bonds. The summed E-state index contributed by atoms with van der Waals surface area (Å²) in [7, 11) is 1.62. The monoisotopic (exact) mass is 345 g/mol. The average molecular weight is 345 g/mol. The number of hydrogen-bond acceptors (Lipinski definition) is 6. The first kappa shape index (κ1) is 17.3. The van der Waals surface area contributed by atoms with Gasteiger partial charge in [0, 0.05) is 19.6 Å². The van der Waals surface area contributed by atoms with Crippen molar-refractivity contribution in [2.75, 3.05) is 20.3 Å². The highest BCUT2D eigenvalue weighted by Gasteiger charge is 2.25. The van der Waals surface area contributed by atoms with Crippen LogP contribution in [0.4, 0.5) is 0 Å². The van der Waals surface area contributed by atoms with Crippen LogP contribution < -0.4 is 10.1 Å². The Labute approximate surface area is 146 Å². The van der Waals surface area contributed by atoms with Crippen molar-refractivity contribution < 1.29 is 14.3 Å². The second kappa shape index (κ2) is 8.06. The summed E-state index contributed by atoms with van der Waals surface area (Å²) in [5.74, 6) is 1.23. The number of tetrazole rings is 1. The van der Waals surface area contributed by atoms with Crippen LogP contribution in [0, 0.1) is 6.92 Å². The predicted molar refractivity (Wildman–Crippen MR) is 90.3 cm³/mol. The summed E-state index contributed by atoms with van der Waals surface area (Å²) in [6.07, 6.45) is 2.59. The highest BCUT2D eigenvalue weighted by atomic mass is 16.5. The van der Waals surface area contributed by atoms with Gasteiger partial charge in [-0.1, -0.05) is 12.1 Å². The van der Waals surface area contributed by atoms with E-state index in [-0.39, 0.29) is 12.0 Å². The maximum absolute atomic E-state index is 12.8. The molecular weight excluding hydrogens is 322 g/mol. The summed E-state index contributed by atoms with van der Waals surface area (Å²) in [5.41, 5.74) is 0.978. The molecule has 1 N–H and O–H groups in total. The van der Waals surface area contributed by atoms with E-state index in [9.17, 15) is 4.79 Å². The average Bonchev–Trinajstić information content (AvgIpc) is 3.29. The molecule has 0 aliphatic carbocycles. The quantitative estimate of drug-likeness (QED) is 0.807. The molecule has 0 bridgehead atoms. The Morgan fingerprint density at radius 2 is 2.40 bits per heavy atom. The van der Waals surface area contributed by atoms with Gasteiger partial charge in [-0.05, 0) is 47.9 Å². The minimum atomic E-state index is -0.525. The van der Waals surface area contributed by atoms with E-state index in [2.05, 4.69) is 20.8 Å². The largest absolute Gasteiger partial charge is 0.497 e. The van der Waals surface area contributed by atoms with E-state index >= 15 is 0 Å². The Bertz CT molecular complexity index is 712. The number of carbonyl (C=O) groups is 1. The first-order valence-corrected chi connectivity index (χ1v) is 8.44. The Kier molecular flexibility index (Phi) is 5.60. The van der Waals surface area contributed by atoms with E-state index in [1.165, 1.54) is 0 Å². The van der Waals surface area contributed by atoms with E-state index in [1.54, 1.807) is 18.7 Å². The Morgan fingerprint density at radius 3 is 3.08 bits per heavy atom. The van der Waals surface area contributed by atoms with Gasteiger partial charge in [0.05, 0.1) is 13.2 Å². The zero-order chi connectivity index (χ0) is 17.6. The van der Waals surface area contributed by atoms with Crippen LogP contribution in [-0.2, 0) is 16.0 Å². The van der Waals surface area contributed by atoms with Crippen LogP contribution in [0.15, 0.2) is 24.3 Å². The number of aromatic nitrogens is 4. The van der Waals surface area contributed by atoms with Crippen molar-refractivity contribution in [1.82, 2.24) is 25.5 Å². The number of rotatable bonds is 7. The van der Waals surface area contributed by atoms with Crippen molar-refractivity contribution in [3.63, 3.8) is 0 Å².